The highest BCUT2D eigenvalue weighted by molar-refractivity contribution is 6.03. The Morgan fingerprint density at radius 2 is 1.94 bits per heavy atom. The molecule has 4 N–H and O–H groups in total. The van der Waals surface area contributed by atoms with Gasteiger partial charge in [-0.2, -0.15) is 0 Å². The van der Waals surface area contributed by atoms with Crippen molar-refractivity contribution in [2.75, 3.05) is 5.73 Å². The first-order valence-electron chi connectivity index (χ1n) is 5.71. The van der Waals surface area contributed by atoms with E-state index in [-0.39, 0.29) is 5.78 Å². The Bertz CT molecular complexity index is 540. The number of carbonyl (C=O) groups excluding carboxylic acids is 1. The number of rotatable bonds is 4. The lowest BCUT2D eigenvalue weighted by atomic mass is 9.98. The fourth-order valence-electron chi connectivity index (χ4n) is 1.77. The molecule has 1 atom stereocenters. The van der Waals surface area contributed by atoms with E-state index in [1.165, 1.54) is 6.20 Å². The standard InChI is InChI=1S/C14H15N3O/c15-12-6-7-17-9-11(12)14(18)13(16)8-10-4-2-1-3-5-10/h1-7,9,13H,8,16H2,(H2,15,17). The van der Waals surface area contributed by atoms with Crippen LogP contribution in [0.2, 0.25) is 0 Å². The molecule has 4 nitrogen and oxygen atoms in total. The molecule has 1 aromatic heterocycles. The van der Waals surface area contributed by atoms with Crippen molar-refractivity contribution in [1.82, 2.24) is 4.98 Å². The van der Waals surface area contributed by atoms with Gasteiger partial charge >= 0.3 is 0 Å². The van der Waals surface area contributed by atoms with Crippen molar-refractivity contribution in [3.8, 4) is 0 Å². The summed E-state index contributed by atoms with van der Waals surface area (Å²) in [5.74, 6) is -0.176. The van der Waals surface area contributed by atoms with Crippen LogP contribution in [-0.4, -0.2) is 16.8 Å². The predicted molar refractivity (Wildman–Crippen MR) is 71.1 cm³/mol. The van der Waals surface area contributed by atoms with Gasteiger partial charge in [-0.05, 0) is 18.1 Å². The first-order chi connectivity index (χ1) is 8.68. The van der Waals surface area contributed by atoms with Crippen LogP contribution in [0.1, 0.15) is 15.9 Å². The van der Waals surface area contributed by atoms with Crippen molar-refractivity contribution in [2.45, 2.75) is 12.5 Å². The van der Waals surface area contributed by atoms with Crippen LogP contribution < -0.4 is 11.5 Å². The fourth-order valence-corrected chi connectivity index (χ4v) is 1.77. The molecule has 0 spiro atoms. The van der Waals surface area contributed by atoms with Crippen LogP contribution in [0.3, 0.4) is 0 Å². The van der Waals surface area contributed by atoms with Crippen LogP contribution in [0.15, 0.2) is 48.8 Å². The molecule has 2 aromatic rings. The predicted octanol–water partition coefficient (Wildman–Crippen LogP) is 1.42. The zero-order chi connectivity index (χ0) is 13.0. The van der Waals surface area contributed by atoms with Crippen LogP contribution in [0.25, 0.3) is 0 Å². The molecule has 92 valence electrons. The van der Waals surface area contributed by atoms with Gasteiger partial charge in [-0.1, -0.05) is 30.3 Å². The lowest BCUT2D eigenvalue weighted by molar-refractivity contribution is 0.0961. The zero-order valence-electron chi connectivity index (χ0n) is 9.91. The number of nitrogens with zero attached hydrogens (tertiary/aromatic N) is 1. The second-order valence-electron chi connectivity index (χ2n) is 4.12. The van der Waals surface area contributed by atoms with E-state index in [1.807, 2.05) is 30.3 Å². The maximum absolute atomic E-state index is 12.1. The summed E-state index contributed by atoms with van der Waals surface area (Å²) in [6.45, 7) is 0. The Kier molecular flexibility index (Phi) is 3.69. The Morgan fingerprint density at radius 3 is 2.61 bits per heavy atom. The number of pyridine rings is 1. The van der Waals surface area contributed by atoms with Crippen molar-refractivity contribution in [3.05, 3.63) is 59.9 Å². The summed E-state index contributed by atoms with van der Waals surface area (Å²) in [4.78, 5) is 16.0. The second-order valence-corrected chi connectivity index (χ2v) is 4.12. The van der Waals surface area contributed by atoms with Crippen LogP contribution in [0, 0.1) is 0 Å². The van der Waals surface area contributed by atoms with Crippen LogP contribution in [0.4, 0.5) is 5.69 Å². The largest absolute Gasteiger partial charge is 0.398 e. The van der Waals surface area contributed by atoms with E-state index in [1.54, 1.807) is 12.3 Å². The highest BCUT2D eigenvalue weighted by Gasteiger charge is 2.18. The minimum atomic E-state index is -0.598. The zero-order valence-corrected chi connectivity index (χ0v) is 9.91. The molecular formula is C14H15N3O. The van der Waals surface area contributed by atoms with E-state index >= 15 is 0 Å². The van der Waals surface area contributed by atoms with E-state index in [4.69, 9.17) is 11.5 Å². The summed E-state index contributed by atoms with van der Waals surface area (Å²) in [6.07, 6.45) is 3.51. The normalized spacial score (nSPS) is 12.1. The second kappa shape index (κ2) is 5.42. The van der Waals surface area contributed by atoms with Gasteiger partial charge in [0.1, 0.15) is 0 Å². The fraction of sp³-hybridized carbons (Fsp3) is 0.143. The monoisotopic (exact) mass is 241 g/mol. The van der Waals surface area contributed by atoms with Crippen LogP contribution >= 0.6 is 0 Å². The molecule has 18 heavy (non-hydrogen) atoms. The van der Waals surface area contributed by atoms with E-state index in [0.29, 0.717) is 17.7 Å². The number of ketones is 1. The molecule has 1 unspecified atom stereocenters. The minimum Gasteiger partial charge on any atom is -0.398 e. The molecule has 0 radical (unpaired) electrons. The lowest BCUT2D eigenvalue weighted by Crippen LogP contribution is -2.33. The van der Waals surface area contributed by atoms with Gasteiger partial charge in [0.25, 0.3) is 0 Å². The molecular weight excluding hydrogens is 226 g/mol. The Hall–Kier alpha value is -2.20. The minimum absolute atomic E-state index is 0.176. The number of nitrogens with two attached hydrogens (primary N) is 2. The summed E-state index contributed by atoms with van der Waals surface area (Å²) in [5.41, 5.74) is 13.5. The van der Waals surface area contributed by atoms with Gasteiger partial charge < -0.3 is 11.5 Å². The third kappa shape index (κ3) is 2.73. The van der Waals surface area contributed by atoms with Gasteiger partial charge in [-0.3, -0.25) is 9.78 Å². The average Bonchev–Trinajstić information content (AvgIpc) is 2.39. The molecule has 0 fully saturated rings. The number of hydrogen-bond acceptors (Lipinski definition) is 4. The van der Waals surface area contributed by atoms with E-state index in [9.17, 15) is 4.79 Å². The van der Waals surface area contributed by atoms with Crippen LogP contribution in [0.5, 0.6) is 0 Å². The number of Topliss-reactive ketones (excluding diaryl/α,β-unsaturated/α-hetero) is 1. The number of carbonyl (C=O) groups is 1. The maximum atomic E-state index is 12.1. The molecule has 2 rings (SSSR count). The smallest absolute Gasteiger partial charge is 0.183 e. The third-order valence-electron chi connectivity index (χ3n) is 2.76. The van der Waals surface area contributed by atoms with Gasteiger partial charge in [0, 0.05) is 18.1 Å². The molecule has 1 heterocycles. The first-order valence-corrected chi connectivity index (χ1v) is 5.71. The topological polar surface area (TPSA) is 82.0 Å². The Morgan fingerprint density at radius 1 is 1.22 bits per heavy atom. The average molecular weight is 241 g/mol. The molecule has 1 aromatic carbocycles. The van der Waals surface area contributed by atoms with Gasteiger partial charge in [0.15, 0.2) is 5.78 Å². The molecule has 4 heteroatoms. The highest BCUT2D eigenvalue weighted by Crippen LogP contribution is 2.13. The molecule has 0 amide bonds. The number of anilines is 1. The summed E-state index contributed by atoms with van der Waals surface area (Å²) in [6, 6.07) is 10.7. The lowest BCUT2D eigenvalue weighted by Gasteiger charge is -2.11. The molecule has 0 aliphatic carbocycles. The maximum Gasteiger partial charge on any atom is 0.183 e. The van der Waals surface area contributed by atoms with Crippen molar-refractivity contribution >= 4 is 11.5 Å². The van der Waals surface area contributed by atoms with Gasteiger partial charge in [-0.15, -0.1) is 0 Å². The van der Waals surface area contributed by atoms with Gasteiger partial charge in [-0.25, -0.2) is 0 Å². The SMILES string of the molecule is Nc1ccncc1C(=O)C(N)Cc1ccccc1. The molecule has 0 saturated carbocycles. The number of aromatic nitrogens is 1. The van der Waals surface area contributed by atoms with Gasteiger partial charge in [0.05, 0.1) is 11.6 Å². The highest BCUT2D eigenvalue weighted by atomic mass is 16.1. The molecule has 0 saturated heterocycles. The molecule has 0 bridgehead atoms. The summed E-state index contributed by atoms with van der Waals surface area (Å²) >= 11 is 0. The van der Waals surface area contributed by atoms with Crippen molar-refractivity contribution in [1.29, 1.82) is 0 Å². The van der Waals surface area contributed by atoms with Crippen molar-refractivity contribution in [2.24, 2.45) is 5.73 Å². The molecule has 0 aliphatic rings. The van der Waals surface area contributed by atoms with Crippen molar-refractivity contribution < 1.29 is 4.79 Å². The van der Waals surface area contributed by atoms with Crippen molar-refractivity contribution in [3.63, 3.8) is 0 Å². The van der Waals surface area contributed by atoms with Crippen LogP contribution in [-0.2, 0) is 6.42 Å². The van der Waals surface area contributed by atoms with E-state index in [2.05, 4.69) is 4.98 Å². The third-order valence-corrected chi connectivity index (χ3v) is 2.76. The Balaban J connectivity index is 2.13. The number of nitrogen functional groups attached to an aromatic ring is 1. The summed E-state index contributed by atoms with van der Waals surface area (Å²) in [7, 11) is 0. The number of benzene rings is 1. The quantitative estimate of drug-likeness (QED) is 0.793. The summed E-state index contributed by atoms with van der Waals surface area (Å²) < 4.78 is 0. The van der Waals surface area contributed by atoms with E-state index < -0.39 is 6.04 Å². The summed E-state index contributed by atoms with van der Waals surface area (Å²) in [5, 5.41) is 0. The van der Waals surface area contributed by atoms with Gasteiger partial charge in [0.2, 0.25) is 0 Å². The Labute approximate surface area is 106 Å². The van der Waals surface area contributed by atoms with E-state index in [0.717, 1.165) is 5.56 Å². The molecule has 0 aliphatic heterocycles. The first kappa shape index (κ1) is 12.3. The number of hydrogen-bond donors (Lipinski definition) is 2.